The minimum Gasteiger partial charge on any atom is -0.394 e. The molecule has 0 atom stereocenters. The Kier molecular flexibility index (Phi) is 6.21. The van der Waals surface area contributed by atoms with Crippen molar-refractivity contribution in [1.82, 2.24) is 4.90 Å². The van der Waals surface area contributed by atoms with Crippen molar-refractivity contribution in [2.24, 2.45) is 0 Å². The highest BCUT2D eigenvalue weighted by Gasteiger charge is 2.24. The van der Waals surface area contributed by atoms with E-state index in [0.717, 1.165) is 17.7 Å². The number of aliphatic hydroxyl groups excluding tert-OH is 2. The number of nitrogens with zero attached hydrogens (tertiary/aromatic N) is 1. The molecule has 2 N–H and O–H groups in total. The lowest BCUT2D eigenvalue weighted by Gasteiger charge is -2.31. The third-order valence-corrected chi connectivity index (χ3v) is 4.27. The summed E-state index contributed by atoms with van der Waals surface area (Å²) in [5, 5.41) is 17.4. The summed E-state index contributed by atoms with van der Waals surface area (Å²) in [5.74, 6) is 5.41. The molecule has 1 aromatic rings. The van der Waals surface area contributed by atoms with Crippen LogP contribution in [0.5, 0.6) is 0 Å². The summed E-state index contributed by atoms with van der Waals surface area (Å²) in [6.45, 7) is 1.56. The number of piperidine rings is 1. The molecular formula is C15H19NO4S. The van der Waals surface area contributed by atoms with Crippen LogP contribution in [0.25, 0.3) is 0 Å². The SMILES string of the molecule is O=C(c1ccc(C#CCO)s1)N1CCC(OCCO)CC1. The van der Waals surface area contributed by atoms with E-state index in [2.05, 4.69) is 11.8 Å². The zero-order chi connectivity index (χ0) is 15.1. The Bertz CT molecular complexity index is 523. The highest BCUT2D eigenvalue weighted by molar-refractivity contribution is 7.14. The average Bonchev–Trinajstić information content (AvgIpc) is 2.99. The van der Waals surface area contributed by atoms with E-state index in [0.29, 0.717) is 24.6 Å². The number of carbonyl (C=O) groups excluding carboxylic acids is 1. The quantitative estimate of drug-likeness (QED) is 0.804. The van der Waals surface area contributed by atoms with E-state index in [1.54, 1.807) is 12.1 Å². The molecule has 0 radical (unpaired) electrons. The third-order valence-electron chi connectivity index (χ3n) is 3.28. The predicted molar refractivity (Wildman–Crippen MR) is 80.2 cm³/mol. The van der Waals surface area contributed by atoms with Crippen LogP contribution in [0.1, 0.15) is 27.4 Å². The van der Waals surface area contributed by atoms with Gasteiger partial charge >= 0.3 is 0 Å². The van der Waals surface area contributed by atoms with Gasteiger partial charge in [0.05, 0.1) is 29.1 Å². The van der Waals surface area contributed by atoms with E-state index in [-0.39, 0.29) is 25.2 Å². The maximum absolute atomic E-state index is 12.4. The number of hydrogen-bond acceptors (Lipinski definition) is 5. The molecule has 1 amide bonds. The maximum Gasteiger partial charge on any atom is 0.263 e. The highest BCUT2D eigenvalue weighted by atomic mass is 32.1. The van der Waals surface area contributed by atoms with E-state index in [1.807, 2.05) is 4.90 Å². The van der Waals surface area contributed by atoms with Gasteiger partial charge in [0.1, 0.15) is 6.61 Å². The van der Waals surface area contributed by atoms with Crippen LogP contribution in [0.4, 0.5) is 0 Å². The molecule has 2 rings (SSSR count). The molecule has 0 aromatic carbocycles. The van der Waals surface area contributed by atoms with Gasteiger partial charge in [-0.2, -0.15) is 0 Å². The van der Waals surface area contributed by atoms with E-state index in [9.17, 15) is 4.79 Å². The van der Waals surface area contributed by atoms with Crippen molar-refractivity contribution in [3.05, 3.63) is 21.9 Å². The van der Waals surface area contributed by atoms with Crippen LogP contribution < -0.4 is 0 Å². The lowest BCUT2D eigenvalue weighted by Crippen LogP contribution is -2.40. The van der Waals surface area contributed by atoms with Gasteiger partial charge in [-0.3, -0.25) is 4.79 Å². The van der Waals surface area contributed by atoms with Gasteiger partial charge in [-0.1, -0.05) is 11.8 Å². The standard InChI is InChI=1S/C15H19NO4S/c17-9-1-2-13-3-4-14(21-13)15(19)16-7-5-12(6-8-16)20-11-10-18/h3-4,12,17-18H,5-11H2. The van der Waals surface area contributed by atoms with E-state index in [1.165, 1.54) is 11.3 Å². The summed E-state index contributed by atoms with van der Waals surface area (Å²) in [4.78, 5) is 15.7. The smallest absolute Gasteiger partial charge is 0.263 e. The van der Waals surface area contributed by atoms with Gasteiger partial charge in [-0.25, -0.2) is 0 Å². The normalized spacial score (nSPS) is 15.6. The number of carbonyl (C=O) groups is 1. The molecule has 1 fully saturated rings. The Morgan fingerprint density at radius 3 is 2.81 bits per heavy atom. The fourth-order valence-electron chi connectivity index (χ4n) is 2.25. The molecule has 1 aliphatic heterocycles. The number of ether oxygens (including phenoxy) is 1. The molecular weight excluding hydrogens is 290 g/mol. The summed E-state index contributed by atoms with van der Waals surface area (Å²) >= 11 is 1.35. The summed E-state index contributed by atoms with van der Waals surface area (Å²) in [6.07, 6.45) is 1.73. The molecule has 1 aromatic heterocycles. The molecule has 0 unspecified atom stereocenters. The van der Waals surface area contributed by atoms with Crippen molar-refractivity contribution >= 4 is 17.2 Å². The molecule has 114 valence electrons. The molecule has 5 nitrogen and oxygen atoms in total. The van der Waals surface area contributed by atoms with Crippen molar-refractivity contribution in [2.45, 2.75) is 18.9 Å². The van der Waals surface area contributed by atoms with Crippen LogP contribution in [0.2, 0.25) is 0 Å². The second kappa shape index (κ2) is 8.15. The summed E-state index contributed by atoms with van der Waals surface area (Å²) < 4.78 is 5.49. The lowest BCUT2D eigenvalue weighted by atomic mass is 10.1. The lowest BCUT2D eigenvalue weighted by molar-refractivity contribution is -0.00545. The van der Waals surface area contributed by atoms with Gasteiger partial charge in [0.2, 0.25) is 0 Å². The van der Waals surface area contributed by atoms with Gasteiger partial charge in [0.15, 0.2) is 0 Å². The molecule has 1 aliphatic rings. The molecule has 0 aliphatic carbocycles. The minimum absolute atomic E-state index is 0.0256. The molecule has 6 heteroatoms. The second-order valence-corrected chi connectivity index (χ2v) is 5.79. The Hall–Kier alpha value is -1.39. The van der Waals surface area contributed by atoms with E-state index >= 15 is 0 Å². The predicted octanol–water partition coefficient (Wildman–Crippen LogP) is 0.705. The Balaban J connectivity index is 1.88. The van der Waals surface area contributed by atoms with Gasteiger partial charge in [-0.15, -0.1) is 11.3 Å². The minimum atomic E-state index is -0.178. The molecule has 2 heterocycles. The summed E-state index contributed by atoms with van der Waals surface area (Å²) in [7, 11) is 0. The van der Waals surface area contributed by atoms with Crippen LogP contribution in [-0.4, -0.2) is 60.0 Å². The van der Waals surface area contributed by atoms with Crippen molar-refractivity contribution in [3.8, 4) is 11.8 Å². The second-order valence-electron chi connectivity index (χ2n) is 4.71. The Morgan fingerprint density at radius 1 is 1.38 bits per heavy atom. The number of thiophene rings is 1. The van der Waals surface area contributed by atoms with E-state index in [4.69, 9.17) is 14.9 Å². The van der Waals surface area contributed by atoms with Crippen molar-refractivity contribution < 1.29 is 19.7 Å². The molecule has 0 spiro atoms. The summed E-state index contributed by atoms with van der Waals surface area (Å²) in [6, 6.07) is 3.58. The number of likely N-dealkylation sites (tertiary alicyclic amines) is 1. The largest absolute Gasteiger partial charge is 0.394 e. The van der Waals surface area contributed by atoms with Crippen LogP contribution in [0, 0.1) is 11.8 Å². The first kappa shape index (κ1) is 16.0. The first-order valence-electron chi connectivity index (χ1n) is 6.96. The Morgan fingerprint density at radius 2 is 2.14 bits per heavy atom. The number of aliphatic hydroxyl groups is 2. The van der Waals surface area contributed by atoms with Gasteiger partial charge in [-0.05, 0) is 25.0 Å². The van der Waals surface area contributed by atoms with Gasteiger partial charge in [0, 0.05) is 13.1 Å². The first-order chi connectivity index (χ1) is 10.2. The third kappa shape index (κ3) is 4.55. The van der Waals surface area contributed by atoms with Crippen LogP contribution in [0.3, 0.4) is 0 Å². The fourth-order valence-corrected chi connectivity index (χ4v) is 3.10. The van der Waals surface area contributed by atoms with E-state index < -0.39 is 0 Å². The maximum atomic E-state index is 12.4. The van der Waals surface area contributed by atoms with Gasteiger partial charge in [0.25, 0.3) is 5.91 Å². The van der Waals surface area contributed by atoms with Crippen LogP contribution in [0.15, 0.2) is 12.1 Å². The van der Waals surface area contributed by atoms with Crippen molar-refractivity contribution in [2.75, 3.05) is 32.9 Å². The zero-order valence-electron chi connectivity index (χ0n) is 11.7. The molecule has 1 saturated heterocycles. The Labute approximate surface area is 128 Å². The average molecular weight is 309 g/mol. The summed E-state index contributed by atoms with van der Waals surface area (Å²) in [5.41, 5.74) is 0. The number of hydrogen-bond donors (Lipinski definition) is 2. The zero-order valence-corrected chi connectivity index (χ0v) is 12.6. The molecule has 21 heavy (non-hydrogen) atoms. The fraction of sp³-hybridized carbons (Fsp3) is 0.533. The van der Waals surface area contributed by atoms with Gasteiger partial charge < -0.3 is 19.8 Å². The topological polar surface area (TPSA) is 70.0 Å². The van der Waals surface area contributed by atoms with Crippen LogP contribution >= 0.6 is 11.3 Å². The number of amides is 1. The van der Waals surface area contributed by atoms with Crippen molar-refractivity contribution in [3.63, 3.8) is 0 Å². The number of rotatable bonds is 4. The monoisotopic (exact) mass is 309 g/mol. The molecule has 0 bridgehead atoms. The highest BCUT2D eigenvalue weighted by Crippen LogP contribution is 2.21. The molecule has 0 saturated carbocycles. The first-order valence-corrected chi connectivity index (χ1v) is 7.77. The van der Waals surface area contributed by atoms with Crippen LogP contribution in [-0.2, 0) is 4.74 Å². The van der Waals surface area contributed by atoms with Crippen molar-refractivity contribution in [1.29, 1.82) is 0 Å².